The maximum atomic E-state index is 12.4. The number of nitrogens with zero attached hydrogens (tertiary/aromatic N) is 5. The molecule has 2 aromatic carbocycles. The molecule has 0 spiro atoms. The number of rotatable bonds is 10. The Hall–Kier alpha value is -4.14. The Morgan fingerprint density at radius 1 is 1.06 bits per heavy atom. The van der Waals surface area contributed by atoms with Crippen LogP contribution in [0.1, 0.15) is 48.4 Å². The predicted molar refractivity (Wildman–Crippen MR) is 129 cm³/mol. The van der Waals surface area contributed by atoms with Crippen LogP contribution >= 0.6 is 0 Å². The number of anilines is 1. The van der Waals surface area contributed by atoms with Gasteiger partial charge in [0.15, 0.2) is 0 Å². The van der Waals surface area contributed by atoms with Gasteiger partial charge in [0.05, 0.1) is 6.61 Å². The molecule has 0 fully saturated rings. The summed E-state index contributed by atoms with van der Waals surface area (Å²) < 4.78 is 5.17. The normalized spacial score (nSPS) is 10.8. The maximum Gasteiger partial charge on any atom is 0.343 e. The Labute approximate surface area is 198 Å². The van der Waals surface area contributed by atoms with Crippen LogP contribution in [-0.4, -0.2) is 43.2 Å². The molecular formula is C25H27N7O2. The summed E-state index contributed by atoms with van der Waals surface area (Å²) in [4.78, 5) is 21.3. The number of hydrogen-bond donors (Lipinski definition) is 2. The molecular weight excluding hydrogens is 430 g/mol. The molecule has 0 bridgehead atoms. The van der Waals surface area contributed by atoms with E-state index in [1.54, 1.807) is 13.1 Å². The van der Waals surface area contributed by atoms with Crippen molar-refractivity contribution in [2.75, 3.05) is 11.9 Å². The number of benzene rings is 2. The first-order chi connectivity index (χ1) is 16.7. The molecule has 0 amide bonds. The van der Waals surface area contributed by atoms with Crippen molar-refractivity contribution in [2.45, 2.75) is 39.7 Å². The fourth-order valence-electron chi connectivity index (χ4n) is 3.56. The molecule has 9 nitrogen and oxygen atoms in total. The van der Waals surface area contributed by atoms with E-state index in [0.717, 1.165) is 41.5 Å². The van der Waals surface area contributed by atoms with Gasteiger partial charge in [-0.25, -0.2) is 14.8 Å². The number of carbonyl (C=O) groups excluding carboxylic acids is 1. The van der Waals surface area contributed by atoms with Crippen molar-refractivity contribution in [1.82, 2.24) is 30.6 Å². The smallest absolute Gasteiger partial charge is 0.343 e. The number of aryl methyl sites for hydroxylation is 1. The largest absolute Gasteiger partial charge is 0.462 e. The van der Waals surface area contributed by atoms with Crippen LogP contribution in [0.3, 0.4) is 0 Å². The average Bonchev–Trinajstić information content (AvgIpc) is 3.42. The standard InChI is InChI=1S/C25H27N7O2/c1-3-5-10-22-26-16-21(25(33)34-4-2)23(28-22)27-15-17-11-13-18(14-12-17)19-8-6-7-9-20(19)24-29-31-32-30-24/h6-9,11-14,16H,3-5,10,15H2,1-2H3,(H,26,27,28)(H,29,30,31,32). The summed E-state index contributed by atoms with van der Waals surface area (Å²) in [6.45, 7) is 4.70. The van der Waals surface area contributed by atoms with Crippen molar-refractivity contribution in [2.24, 2.45) is 0 Å². The molecule has 0 saturated carbocycles. The Morgan fingerprint density at radius 3 is 2.56 bits per heavy atom. The lowest BCUT2D eigenvalue weighted by Gasteiger charge is -2.12. The first-order valence-electron chi connectivity index (χ1n) is 11.4. The third kappa shape index (κ3) is 5.43. The Morgan fingerprint density at radius 2 is 1.85 bits per heavy atom. The van der Waals surface area contributed by atoms with Crippen LogP contribution in [-0.2, 0) is 17.7 Å². The Balaban J connectivity index is 1.52. The highest BCUT2D eigenvalue weighted by molar-refractivity contribution is 5.94. The highest BCUT2D eigenvalue weighted by Gasteiger charge is 2.16. The van der Waals surface area contributed by atoms with Crippen molar-refractivity contribution in [3.05, 3.63) is 71.7 Å². The quantitative estimate of drug-likeness (QED) is 0.335. The van der Waals surface area contributed by atoms with Crippen molar-refractivity contribution in [1.29, 1.82) is 0 Å². The van der Waals surface area contributed by atoms with Gasteiger partial charge < -0.3 is 10.1 Å². The van der Waals surface area contributed by atoms with Gasteiger partial charge in [0.25, 0.3) is 0 Å². The number of H-pyrrole nitrogens is 1. The molecule has 2 heterocycles. The molecule has 0 aliphatic rings. The summed E-state index contributed by atoms with van der Waals surface area (Å²) in [5, 5.41) is 17.7. The van der Waals surface area contributed by atoms with Crippen LogP contribution in [0.4, 0.5) is 5.82 Å². The number of unbranched alkanes of at least 4 members (excludes halogenated alkanes) is 1. The molecule has 0 saturated heterocycles. The molecule has 2 aromatic heterocycles. The van der Waals surface area contributed by atoms with Crippen LogP contribution in [0.5, 0.6) is 0 Å². The van der Waals surface area contributed by atoms with Crippen molar-refractivity contribution in [3.8, 4) is 22.5 Å². The third-order valence-electron chi connectivity index (χ3n) is 5.33. The number of nitrogens with one attached hydrogen (secondary N) is 2. The van der Waals surface area contributed by atoms with Gasteiger partial charge in [-0.3, -0.25) is 0 Å². The second kappa shape index (κ2) is 11.1. The number of hydrogen-bond acceptors (Lipinski definition) is 8. The van der Waals surface area contributed by atoms with Crippen LogP contribution < -0.4 is 5.32 Å². The van der Waals surface area contributed by atoms with Gasteiger partial charge in [-0.05, 0) is 35.2 Å². The van der Waals surface area contributed by atoms with Gasteiger partial charge >= 0.3 is 5.97 Å². The fraction of sp³-hybridized carbons (Fsp3) is 0.280. The van der Waals surface area contributed by atoms with E-state index < -0.39 is 5.97 Å². The minimum Gasteiger partial charge on any atom is -0.462 e. The molecule has 2 N–H and O–H groups in total. The lowest BCUT2D eigenvalue weighted by atomic mass is 9.98. The number of aromatic nitrogens is 6. The zero-order valence-electron chi connectivity index (χ0n) is 19.3. The zero-order valence-corrected chi connectivity index (χ0v) is 19.3. The minimum atomic E-state index is -0.430. The highest BCUT2D eigenvalue weighted by Crippen LogP contribution is 2.29. The second-order valence-electron chi connectivity index (χ2n) is 7.70. The van der Waals surface area contributed by atoms with Crippen LogP contribution in [0.15, 0.2) is 54.7 Å². The van der Waals surface area contributed by atoms with Crippen molar-refractivity contribution < 1.29 is 9.53 Å². The first-order valence-corrected chi connectivity index (χ1v) is 11.4. The van der Waals surface area contributed by atoms with Crippen molar-refractivity contribution >= 4 is 11.8 Å². The number of esters is 1. The SMILES string of the molecule is CCCCc1ncc(C(=O)OCC)c(NCc2ccc(-c3ccccc3-c3nn[nH]n3)cc2)n1. The topological polar surface area (TPSA) is 119 Å². The summed E-state index contributed by atoms with van der Waals surface area (Å²) in [6.07, 6.45) is 4.36. The Kier molecular flexibility index (Phi) is 7.54. The molecule has 174 valence electrons. The monoisotopic (exact) mass is 457 g/mol. The molecule has 0 radical (unpaired) electrons. The maximum absolute atomic E-state index is 12.4. The van der Waals surface area contributed by atoms with Gasteiger partial charge in [0.1, 0.15) is 17.2 Å². The van der Waals surface area contributed by atoms with E-state index in [0.29, 0.717) is 36.2 Å². The third-order valence-corrected chi connectivity index (χ3v) is 5.33. The highest BCUT2D eigenvalue weighted by atomic mass is 16.5. The summed E-state index contributed by atoms with van der Waals surface area (Å²) in [7, 11) is 0. The number of carbonyl (C=O) groups is 1. The van der Waals surface area contributed by atoms with E-state index in [-0.39, 0.29) is 0 Å². The van der Waals surface area contributed by atoms with E-state index in [1.807, 2.05) is 36.4 Å². The lowest BCUT2D eigenvalue weighted by Crippen LogP contribution is -2.13. The summed E-state index contributed by atoms with van der Waals surface area (Å²) in [5.74, 6) is 1.33. The predicted octanol–water partition coefficient (Wildman–Crippen LogP) is 4.46. The summed E-state index contributed by atoms with van der Waals surface area (Å²) in [6, 6.07) is 16.1. The second-order valence-corrected chi connectivity index (χ2v) is 7.70. The molecule has 0 unspecified atom stereocenters. The van der Waals surface area contributed by atoms with Crippen molar-refractivity contribution in [3.63, 3.8) is 0 Å². The molecule has 0 aliphatic carbocycles. The molecule has 4 aromatic rings. The lowest BCUT2D eigenvalue weighted by molar-refractivity contribution is 0.0526. The van der Waals surface area contributed by atoms with Crippen LogP contribution in [0.25, 0.3) is 22.5 Å². The number of tetrazole rings is 1. The van der Waals surface area contributed by atoms with E-state index >= 15 is 0 Å². The van der Waals surface area contributed by atoms with Gasteiger partial charge in [0.2, 0.25) is 5.82 Å². The van der Waals surface area contributed by atoms with E-state index in [4.69, 9.17) is 4.74 Å². The number of ether oxygens (including phenoxy) is 1. The molecule has 9 heteroatoms. The fourth-order valence-corrected chi connectivity index (χ4v) is 3.56. The minimum absolute atomic E-state index is 0.294. The summed E-state index contributed by atoms with van der Waals surface area (Å²) >= 11 is 0. The van der Waals surface area contributed by atoms with Crippen LogP contribution in [0, 0.1) is 0 Å². The van der Waals surface area contributed by atoms with Gasteiger partial charge in [0, 0.05) is 24.7 Å². The molecule has 34 heavy (non-hydrogen) atoms. The van der Waals surface area contributed by atoms with E-state index in [9.17, 15) is 4.79 Å². The first kappa shape index (κ1) is 23.0. The van der Waals surface area contributed by atoms with Gasteiger partial charge in [-0.1, -0.05) is 61.9 Å². The summed E-state index contributed by atoms with van der Waals surface area (Å²) in [5.41, 5.74) is 4.35. The number of aromatic amines is 1. The molecule has 4 rings (SSSR count). The van der Waals surface area contributed by atoms with Gasteiger partial charge in [-0.15, -0.1) is 10.2 Å². The molecule has 0 atom stereocenters. The van der Waals surface area contributed by atoms with E-state index in [2.05, 4.69) is 55.0 Å². The molecule has 0 aliphatic heterocycles. The average molecular weight is 458 g/mol. The van der Waals surface area contributed by atoms with Crippen LogP contribution in [0.2, 0.25) is 0 Å². The zero-order chi connectivity index (χ0) is 23.8. The van der Waals surface area contributed by atoms with E-state index in [1.165, 1.54) is 0 Å². The Bertz CT molecular complexity index is 1220. The van der Waals surface area contributed by atoms with Gasteiger partial charge in [-0.2, -0.15) is 5.21 Å².